The topological polar surface area (TPSA) is 80.4 Å². The molecule has 0 saturated carbocycles. The lowest BCUT2D eigenvalue weighted by atomic mass is 10.1. The zero-order valence-electron chi connectivity index (χ0n) is 9.96. The number of nitro groups is 1. The van der Waals surface area contributed by atoms with Crippen molar-refractivity contribution < 1.29 is 4.92 Å². The van der Waals surface area contributed by atoms with Gasteiger partial charge in [-0.25, -0.2) is 4.98 Å². The van der Waals surface area contributed by atoms with Gasteiger partial charge in [-0.05, 0) is 24.8 Å². The summed E-state index contributed by atoms with van der Waals surface area (Å²) in [6.07, 6.45) is 5.11. The van der Waals surface area contributed by atoms with Crippen molar-refractivity contribution in [2.45, 2.75) is 26.7 Å². The maximum atomic E-state index is 10.4. The van der Waals surface area contributed by atoms with E-state index in [1.54, 1.807) is 0 Å². The molecule has 1 N–H and O–H groups in total. The summed E-state index contributed by atoms with van der Waals surface area (Å²) >= 11 is 0. The van der Waals surface area contributed by atoms with E-state index in [-0.39, 0.29) is 5.69 Å². The van der Waals surface area contributed by atoms with Crippen LogP contribution in [0, 0.1) is 16.0 Å². The van der Waals surface area contributed by atoms with Crippen LogP contribution in [0.25, 0.3) is 0 Å². The van der Waals surface area contributed by atoms with Crippen LogP contribution in [-0.2, 0) is 0 Å². The summed E-state index contributed by atoms with van der Waals surface area (Å²) < 4.78 is 0. The molecule has 1 aromatic heterocycles. The number of hydrogen-bond acceptors (Lipinski definition) is 5. The number of nitrogens with zero attached hydrogens (tertiary/aromatic N) is 3. The Morgan fingerprint density at radius 2 is 2.24 bits per heavy atom. The van der Waals surface area contributed by atoms with Crippen molar-refractivity contribution in [1.29, 1.82) is 0 Å². The minimum Gasteiger partial charge on any atom is -0.262 e. The molecule has 1 rings (SSSR count). The Hall–Kier alpha value is -1.98. The smallest absolute Gasteiger partial charge is 0.262 e. The third-order valence-corrected chi connectivity index (χ3v) is 2.47. The quantitative estimate of drug-likeness (QED) is 0.468. The zero-order chi connectivity index (χ0) is 12.7. The summed E-state index contributed by atoms with van der Waals surface area (Å²) in [5, 5.41) is 14.5. The van der Waals surface area contributed by atoms with E-state index in [1.807, 2.05) is 6.21 Å². The van der Waals surface area contributed by atoms with Gasteiger partial charge in [0.2, 0.25) is 0 Å². The van der Waals surface area contributed by atoms with E-state index in [0.717, 1.165) is 12.8 Å². The predicted octanol–water partition coefficient (Wildman–Crippen LogP) is 2.82. The molecule has 92 valence electrons. The molecule has 0 aliphatic heterocycles. The Labute approximate surface area is 99.9 Å². The van der Waals surface area contributed by atoms with Gasteiger partial charge >= 0.3 is 0 Å². The van der Waals surface area contributed by atoms with Crippen LogP contribution in [0.1, 0.15) is 26.7 Å². The van der Waals surface area contributed by atoms with Gasteiger partial charge in [0, 0.05) is 12.3 Å². The van der Waals surface area contributed by atoms with E-state index < -0.39 is 4.92 Å². The van der Waals surface area contributed by atoms with Crippen LogP contribution in [0.5, 0.6) is 0 Å². The van der Waals surface area contributed by atoms with Crippen LogP contribution in [0.3, 0.4) is 0 Å². The molecule has 0 spiro atoms. The van der Waals surface area contributed by atoms with Crippen LogP contribution >= 0.6 is 0 Å². The summed E-state index contributed by atoms with van der Waals surface area (Å²) in [4.78, 5) is 13.8. The number of rotatable bonds is 6. The van der Waals surface area contributed by atoms with Crippen LogP contribution in [0.4, 0.5) is 11.5 Å². The Kier molecular flexibility index (Phi) is 5.06. The predicted molar refractivity (Wildman–Crippen MR) is 67.1 cm³/mol. The molecule has 0 amide bonds. The normalized spacial score (nSPS) is 11.0. The van der Waals surface area contributed by atoms with Crippen molar-refractivity contribution in [2.24, 2.45) is 11.0 Å². The molecule has 1 aromatic rings. The number of pyridine rings is 1. The second kappa shape index (κ2) is 6.57. The van der Waals surface area contributed by atoms with Crippen molar-refractivity contribution in [1.82, 2.24) is 4.98 Å². The fraction of sp³-hybridized carbons (Fsp3) is 0.455. The number of hydrogen-bond donors (Lipinski definition) is 1. The first kappa shape index (κ1) is 13.1. The summed E-state index contributed by atoms with van der Waals surface area (Å²) in [5.74, 6) is 0.943. The maximum absolute atomic E-state index is 10.4. The highest BCUT2D eigenvalue weighted by Crippen LogP contribution is 2.11. The third kappa shape index (κ3) is 4.18. The lowest BCUT2D eigenvalue weighted by Gasteiger charge is -2.04. The number of aromatic nitrogens is 1. The molecule has 6 heteroatoms. The van der Waals surface area contributed by atoms with Crippen molar-refractivity contribution in [3.05, 3.63) is 28.4 Å². The Morgan fingerprint density at radius 3 is 2.71 bits per heavy atom. The molecule has 0 saturated heterocycles. The van der Waals surface area contributed by atoms with Crippen molar-refractivity contribution in [2.75, 3.05) is 5.43 Å². The number of hydrazone groups is 1. The highest BCUT2D eigenvalue weighted by Gasteiger charge is 2.04. The van der Waals surface area contributed by atoms with Crippen LogP contribution < -0.4 is 5.43 Å². The first-order chi connectivity index (χ1) is 8.17. The van der Waals surface area contributed by atoms with E-state index in [9.17, 15) is 10.1 Å². The van der Waals surface area contributed by atoms with E-state index in [1.165, 1.54) is 18.3 Å². The second-order valence-electron chi connectivity index (χ2n) is 3.63. The lowest BCUT2D eigenvalue weighted by molar-refractivity contribution is -0.385. The Morgan fingerprint density at radius 1 is 1.53 bits per heavy atom. The number of nitrogens with one attached hydrogen (secondary N) is 1. The SMILES string of the molecule is CCC(C=NNc1ccc([N+](=O)[O-])cn1)CC. The first-order valence-corrected chi connectivity index (χ1v) is 5.57. The first-order valence-electron chi connectivity index (χ1n) is 5.57. The lowest BCUT2D eigenvalue weighted by Crippen LogP contribution is -2.01. The summed E-state index contributed by atoms with van der Waals surface area (Å²) in [5.41, 5.74) is 2.72. The van der Waals surface area contributed by atoms with Crippen LogP contribution in [0.15, 0.2) is 23.4 Å². The Balaban J connectivity index is 2.55. The maximum Gasteiger partial charge on any atom is 0.287 e. The molecule has 17 heavy (non-hydrogen) atoms. The number of anilines is 1. The van der Waals surface area contributed by atoms with Crippen molar-refractivity contribution in [3.63, 3.8) is 0 Å². The average Bonchev–Trinajstić information content (AvgIpc) is 2.35. The van der Waals surface area contributed by atoms with Gasteiger partial charge in [0.05, 0.1) is 4.92 Å². The molecule has 0 radical (unpaired) electrons. The Bertz CT molecular complexity index is 385. The highest BCUT2D eigenvalue weighted by atomic mass is 16.6. The van der Waals surface area contributed by atoms with Crippen LogP contribution in [-0.4, -0.2) is 16.1 Å². The van der Waals surface area contributed by atoms with Gasteiger partial charge in [-0.15, -0.1) is 0 Å². The largest absolute Gasteiger partial charge is 0.287 e. The minimum absolute atomic E-state index is 0.0282. The van der Waals surface area contributed by atoms with Gasteiger partial charge in [-0.2, -0.15) is 5.10 Å². The van der Waals surface area contributed by atoms with Crippen LogP contribution in [0.2, 0.25) is 0 Å². The molecule has 0 atom stereocenters. The third-order valence-electron chi connectivity index (χ3n) is 2.47. The van der Waals surface area contributed by atoms with Gasteiger partial charge in [-0.3, -0.25) is 15.5 Å². The fourth-order valence-electron chi connectivity index (χ4n) is 1.27. The van der Waals surface area contributed by atoms with E-state index in [4.69, 9.17) is 0 Å². The molecular formula is C11H16N4O2. The highest BCUT2D eigenvalue weighted by molar-refractivity contribution is 5.61. The summed E-state index contributed by atoms with van der Waals surface area (Å²) in [7, 11) is 0. The molecule has 0 unspecified atom stereocenters. The van der Waals surface area contributed by atoms with Crippen molar-refractivity contribution >= 4 is 17.7 Å². The molecule has 0 fully saturated rings. The molecule has 0 bridgehead atoms. The van der Waals surface area contributed by atoms with Gasteiger partial charge in [0.15, 0.2) is 0 Å². The molecule has 0 aliphatic rings. The van der Waals surface area contributed by atoms with Gasteiger partial charge < -0.3 is 0 Å². The van der Waals surface area contributed by atoms with E-state index >= 15 is 0 Å². The minimum atomic E-state index is -0.482. The van der Waals surface area contributed by atoms with Gasteiger partial charge in [0.25, 0.3) is 5.69 Å². The molecule has 0 aromatic carbocycles. The van der Waals surface area contributed by atoms with Gasteiger partial charge in [0.1, 0.15) is 12.0 Å². The monoisotopic (exact) mass is 236 g/mol. The molecular weight excluding hydrogens is 220 g/mol. The molecule has 1 heterocycles. The molecule has 6 nitrogen and oxygen atoms in total. The van der Waals surface area contributed by atoms with Gasteiger partial charge in [-0.1, -0.05) is 13.8 Å². The van der Waals surface area contributed by atoms with Crippen molar-refractivity contribution in [3.8, 4) is 0 Å². The second-order valence-corrected chi connectivity index (χ2v) is 3.63. The summed E-state index contributed by atoms with van der Waals surface area (Å²) in [6.45, 7) is 4.20. The standard InChI is InChI=1S/C11H16N4O2/c1-3-9(4-2)7-13-14-11-6-5-10(8-12-11)15(16)17/h5-9H,3-4H2,1-2H3,(H,12,14). The molecule has 0 aliphatic carbocycles. The fourth-order valence-corrected chi connectivity index (χ4v) is 1.27. The zero-order valence-corrected chi connectivity index (χ0v) is 9.96. The van der Waals surface area contributed by atoms with E-state index in [0.29, 0.717) is 11.7 Å². The van der Waals surface area contributed by atoms with E-state index in [2.05, 4.69) is 29.4 Å². The average molecular weight is 236 g/mol. The summed E-state index contributed by atoms with van der Waals surface area (Å²) in [6, 6.07) is 2.92.